The molecule has 2 nitrogen and oxygen atoms in total. The lowest BCUT2D eigenvalue weighted by Gasteiger charge is -2.22. The van der Waals surface area contributed by atoms with Crippen molar-refractivity contribution >= 4 is 11.3 Å². The highest BCUT2D eigenvalue weighted by Gasteiger charge is 2.18. The van der Waals surface area contributed by atoms with Gasteiger partial charge in [0.05, 0.1) is 5.69 Å². The Hall–Kier alpha value is -1.35. The molecule has 19 heavy (non-hydrogen) atoms. The molecule has 0 saturated heterocycles. The van der Waals surface area contributed by atoms with Crippen molar-refractivity contribution in [1.29, 1.82) is 0 Å². The van der Waals surface area contributed by atoms with Crippen LogP contribution in [0.25, 0.3) is 0 Å². The van der Waals surface area contributed by atoms with Crippen molar-refractivity contribution in [3.63, 3.8) is 0 Å². The second-order valence-corrected chi connectivity index (χ2v) is 7.07. The molecule has 0 bridgehead atoms. The van der Waals surface area contributed by atoms with Gasteiger partial charge in [0.15, 0.2) is 0 Å². The number of nitrogens with zero attached hydrogens (tertiary/aromatic N) is 1. The summed E-state index contributed by atoms with van der Waals surface area (Å²) in [5.41, 5.74) is 2.43. The highest BCUT2D eigenvalue weighted by atomic mass is 32.1. The van der Waals surface area contributed by atoms with Crippen LogP contribution >= 0.6 is 11.3 Å². The van der Waals surface area contributed by atoms with Gasteiger partial charge in [-0.2, -0.15) is 0 Å². The molecular weight excluding hydrogens is 254 g/mol. The SMILES string of the molecule is Cc1nc(COc2ccccc2C(C)(C)C)sc1C. The van der Waals surface area contributed by atoms with Crippen LogP contribution in [-0.4, -0.2) is 4.98 Å². The normalized spacial score (nSPS) is 11.6. The number of benzene rings is 1. The second-order valence-electron chi connectivity index (χ2n) is 5.78. The van der Waals surface area contributed by atoms with Gasteiger partial charge in [-0.1, -0.05) is 39.0 Å². The van der Waals surface area contributed by atoms with E-state index in [-0.39, 0.29) is 5.41 Å². The molecule has 0 atom stereocenters. The van der Waals surface area contributed by atoms with Crippen LogP contribution in [0, 0.1) is 13.8 Å². The fourth-order valence-corrected chi connectivity index (χ4v) is 2.80. The monoisotopic (exact) mass is 275 g/mol. The first-order valence-electron chi connectivity index (χ1n) is 6.53. The van der Waals surface area contributed by atoms with Crippen LogP contribution in [0.3, 0.4) is 0 Å². The Morgan fingerprint density at radius 1 is 1.16 bits per heavy atom. The number of ether oxygens (including phenoxy) is 1. The summed E-state index contributed by atoms with van der Waals surface area (Å²) >= 11 is 1.71. The summed E-state index contributed by atoms with van der Waals surface area (Å²) in [5.74, 6) is 0.959. The van der Waals surface area contributed by atoms with Crippen LogP contribution < -0.4 is 4.74 Å². The van der Waals surface area contributed by atoms with E-state index in [0.717, 1.165) is 16.5 Å². The number of aromatic nitrogens is 1. The number of hydrogen-bond acceptors (Lipinski definition) is 3. The largest absolute Gasteiger partial charge is 0.486 e. The maximum atomic E-state index is 5.97. The van der Waals surface area contributed by atoms with E-state index in [9.17, 15) is 0 Å². The number of hydrogen-bond donors (Lipinski definition) is 0. The third-order valence-corrected chi connectivity index (χ3v) is 4.17. The highest BCUT2D eigenvalue weighted by Crippen LogP contribution is 2.31. The van der Waals surface area contributed by atoms with E-state index in [1.807, 2.05) is 19.1 Å². The fourth-order valence-electron chi connectivity index (χ4n) is 1.95. The third kappa shape index (κ3) is 3.35. The summed E-state index contributed by atoms with van der Waals surface area (Å²) < 4.78 is 5.97. The number of rotatable bonds is 3. The van der Waals surface area contributed by atoms with E-state index < -0.39 is 0 Å². The lowest BCUT2D eigenvalue weighted by molar-refractivity contribution is 0.297. The maximum absolute atomic E-state index is 5.97. The molecule has 0 aliphatic carbocycles. The van der Waals surface area contributed by atoms with Crippen LogP contribution in [-0.2, 0) is 12.0 Å². The summed E-state index contributed by atoms with van der Waals surface area (Å²) in [4.78, 5) is 5.78. The van der Waals surface area contributed by atoms with Gasteiger partial charge in [-0.3, -0.25) is 0 Å². The van der Waals surface area contributed by atoms with Gasteiger partial charge in [0.25, 0.3) is 0 Å². The van der Waals surface area contributed by atoms with Gasteiger partial charge in [-0.05, 0) is 30.9 Å². The molecule has 102 valence electrons. The molecule has 2 rings (SSSR count). The van der Waals surface area contributed by atoms with Crippen molar-refractivity contribution in [3.05, 3.63) is 45.4 Å². The van der Waals surface area contributed by atoms with Crippen LogP contribution in [0.1, 0.15) is 41.9 Å². The minimum Gasteiger partial charge on any atom is -0.486 e. The van der Waals surface area contributed by atoms with Gasteiger partial charge in [0.1, 0.15) is 17.4 Å². The van der Waals surface area contributed by atoms with E-state index in [2.05, 4.69) is 44.8 Å². The average molecular weight is 275 g/mol. The highest BCUT2D eigenvalue weighted by molar-refractivity contribution is 7.11. The Kier molecular flexibility index (Phi) is 3.95. The molecule has 0 N–H and O–H groups in total. The molecular formula is C16H21NOS. The van der Waals surface area contributed by atoms with Gasteiger partial charge in [0, 0.05) is 4.88 Å². The van der Waals surface area contributed by atoms with E-state index in [4.69, 9.17) is 4.74 Å². The Morgan fingerprint density at radius 3 is 2.42 bits per heavy atom. The fraction of sp³-hybridized carbons (Fsp3) is 0.438. The zero-order valence-corrected chi connectivity index (χ0v) is 13.1. The van der Waals surface area contributed by atoms with Crippen LogP contribution in [0.2, 0.25) is 0 Å². The Morgan fingerprint density at radius 2 is 1.84 bits per heavy atom. The van der Waals surface area contributed by atoms with E-state index in [1.165, 1.54) is 10.4 Å². The van der Waals surface area contributed by atoms with Crippen LogP contribution in [0.5, 0.6) is 5.75 Å². The summed E-state index contributed by atoms with van der Waals surface area (Å²) in [6.07, 6.45) is 0. The standard InChI is InChI=1S/C16H21NOS/c1-11-12(2)19-15(17-11)10-18-14-9-7-6-8-13(14)16(3,4)5/h6-9H,10H2,1-5H3. The molecule has 2 aromatic rings. The molecule has 0 spiro atoms. The molecule has 0 radical (unpaired) electrons. The van der Waals surface area contributed by atoms with Gasteiger partial charge in [0.2, 0.25) is 0 Å². The zero-order chi connectivity index (χ0) is 14.0. The molecule has 0 saturated carbocycles. The minimum absolute atomic E-state index is 0.0886. The molecule has 0 fully saturated rings. The van der Waals surface area contributed by atoms with Crippen molar-refractivity contribution in [3.8, 4) is 5.75 Å². The van der Waals surface area contributed by atoms with E-state index >= 15 is 0 Å². The number of para-hydroxylation sites is 1. The Balaban J connectivity index is 2.16. The predicted octanol–water partition coefficient (Wildman–Crippen LogP) is 4.64. The van der Waals surface area contributed by atoms with Crippen molar-refractivity contribution < 1.29 is 4.74 Å². The summed E-state index contributed by atoms with van der Waals surface area (Å²) in [7, 11) is 0. The third-order valence-electron chi connectivity index (χ3n) is 3.12. The first kappa shape index (κ1) is 14.1. The van der Waals surface area contributed by atoms with Gasteiger partial charge < -0.3 is 4.74 Å². The number of thiazole rings is 1. The van der Waals surface area contributed by atoms with Crippen LogP contribution in [0.15, 0.2) is 24.3 Å². The maximum Gasteiger partial charge on any atom is 0.140 e. The summed E-state index contributed by atoms with van der Waals surface area (Å²) in [6, 6.07) is 8.25. The smallest absolute Gasteiger partial charge is 0.140 e. The molecule has 3 heteroatoms. The van der Waals surface area contributed by atoms with E-state index in [0.29, 0.717) is 6.61 Å². The first-order valence-corrected chi connectivity index (χ1v) is 7.35. The lowest BCUT2D eigenvalue weighted by atomic mass is 9.86. The topological polar surface area (TPSA) is 22.1 Å². The molecule has 1 heterocycles. The van der Waals surface area contributed by atoms with Gasteiger partial charge >= 0.3 is 0 Å². The predicted molar refractivity (Wildman–Crippen MR) is 81.1 cm³/mol. The molecule has 0 unspecified atom stereocenters. The minimum atomic E-state index is 0.0886. The van der Waals surface area contributed by atoms with Crippen molar-refractivity contribution in [2.24, 2.45) is 0 Å². The summed E-state index contributed by atoms with van der Waals surface area (Å²) in [5, 5.41) is 1.04. The first-order chi connectivity index (χ1) is 8.88. The number of aryl methyl sites for hydroxylation is 2. The van der Waals surface area contributed by atoms with E-state index in [1.54, 1.807) is 11.3 Å². The summed E-state index contributed by atoms with van der Waals surface area (Å²) in [6.45, 7) is 11.3. The average Bonchev–Trinajstić information content (AvgIpc) is 2.65. The van der Waals surface area contributed by atoms with Crippen LogP contribution in [0.4, 0.5) is 0 Å². The van der Waals surface area contributed by atoms with Crippen molar-refractivity contribution in [2.45, 2.75) is 46.6 Å². The zero-order valence-electron chi connectivity index (χ0n) is 12.3. The molecule has 1 aromatic carbocycles. The second kappa shape index (κ2) is 5.33. The van der Waals surface area contributed by atoms with Crippen molar-refractivity contribution in [1.82, 2.24) is 4.98 Å². The molecule has 1 aromatic heterocycles. The molecule has 0 aliphatic heterocycles. The lowest BCUT2D eigenvalue weighted by Crippen LogP contribution is -2.13. The Bertz CT molecular complexity index is 547. The van der Waals surface area contributed by atoms with Gasteiger partial charge in [-0.25, -0.2) is 4.98 Å². The van der Waals surface area contributed by atoms with Crippen molar-refractivity contribution in [2.75, 3.05) is 0 Å². The quantitative estimate of drug-likeness (QED) is 0.814. The molecule has 0 aliphatic rings. The van der Waals surface area contributed by atoms with Gasteiger partial charge in [-0.15, -0.1) is 11.3 Å². The Labute approximate surface area is 119 Å². The molecule has 0 amide bonds.